The molecule has 0 unspecified atom stereocenters. The Bertz CT molecular complexity index is 757. The Balaban J connectivity index is 1.75. The summed E-state index contributed by atoms with van der Waals surface area (Å²) in [4.78, 5) is 23.9. The van der Waals surface area contributed by atoms with E-state index in [4.69, 9.17) is 11.6 Å². The molecule has 0 bridgehead atoms. The van der Waals surface area contributed by atoms with Gasteiger partial charge < -0.3 is 5.32 Å². The van der Waals surface area contributed by atoms with Crippen molar-refractivity contribution >= 4 is 23.2 Å². The Morgan fingerprint density at radius 1 is 1.24 bits per heavy atom. The van der Waals surface area contributed by atoms with Gasteiger partial charge in [0, 0.05) is 12.4 Å². The van der Waals surface area contributed by atoms with Gasteiger partial charge in [0.25, 0.3) is 5.91 Å². The molecule has 0 saturated heterocycles. The van der Waals surface area contributed by atoms with Crippen LogP contribution in [0.3, 0.4) is 0 Å². The highest BCUT2D eigenvalue weighted by Gasteiger charge is 2.09. The second-order valence-electron chi connectivity index (χ2n) is 4.04. The lowest BCUT2D eigenvalue weighted by Gasteiger charge is -2.05. The molecule has 0 spiro atoms. The fourth-order valence-electron chi connectivity index (χ4n) is 1.65. The van der Waals surface area contributed by atoms with Crippen molar-refractivity contribution in [1.29, 1.82) is 0 Å². The molecule has 0 aliphatic rings. The summed E-state index contributed by atoms with van der Waals surface area (Å²) in [5, 5.41) is 6.90. The third kappa shape index (κ3) is 3.03. The molecule has 3 heterocycles. The van der Waals surface area contributed by atoms with Crippen LogP contribution in [0.5, 0.6) is 0 Å². The summed E-state index contributed by atoms with van der Waals surface area (Å²) >= 11 is 5.69. The molecule has 8 heteroatoms. The lowest BCUT2D eigenvalue weighted by Crippen LogP contribution is -2.14. The zero-order valence-corrected chi connectivity index (χ0v) is 11.4. The second-order valence-corrected chi connectivity index (χ2v) is 4.42. The molecule has 21 heavy (non-hydrogen) atoms. The van der Waals surface area contributed by atoms with E-state index in [-0.39, 0.29) is 10.8 Å². The number of pyridine rings is 1. The van der Waals surface area contributed by atoms with Gasteiger partial charge in [-0.25, -0.2) is 14.6 Å². The van der Waals surface area contributed by atoms with E-state index in [0.717, 1.165) is 0 Å². The Labute approximate surface area is 124 Å². The quantitative estimate of drug-likeness (QED) is 0.799. The second kappa shape index (κ2) is 5.68. The van der Waals surface area contributed by atoms with Crippen LogP contribution >= 0.6 is 11.6 Å². The van der Waals surface area contributed by atoms with Gasteiger partial charge >= 0.3 is 0 Å². The monoisotopic (exact) mass is 300 g/mol. The van der Waals surface area contributed by atoms with E-state index >= 15 is 0 Å². The summed E-state index contributed by atoms with van der Waals surface area (Å²) in [5.41, 5.74) is 0.677. The van der Waals surface area contributed by atoms with Gasteiger partial charge in [0.1, 0.15) is 10.8 Å². The maximum atomic E-state index is 12.0. The van der Waals surface area contributed by atoms with Gasteiger partial charge in [0.15, 0.2) is 5.82 Å². The Kier molecular flexibility index (Phi) is 3.57. The number of hydrogen-bond acceptors (Lipinski definition) is 5. The SMILES string of the molecule is O=C(Nc1ccc(-n2cccn2)nc1)c1cncc(Cl)n1. The first-order chi connectivity index (χ1) is 10.2. The number of hydrogen-bond donors (Lipinski definition) is 1. The smallest absolute Gasteiger partial charge is 0.275 e. The highest BCUT2D eigenvalue weighted by atomic mass is 35.5. The minimum absolute atomic E-state index is 0.138. The van der Waals surface area contributed by atoms with Crippen LogP contribution in [-0.2, 0) is 0 Å². The van der Waals surface area contributed by atoms with E-state index in [1.807, 2.05) is 0 Å². The number of anilines is 1. The molecule has 104 valence electrons. The number of amides is 1. The van der Waals surface area contributed by atoms with E-state index in [1.165, 1.54) is 18.6 Å². The maximum Gasteiger partial charge on any atom is 0.275 e. The molecule has 0 radical (unpaired) electrons. The van der Waals surface area contributed by atoms with Gasteiger partial charge in [-0.15, -0.1) is 0 Å². The number of carbonyl (C=O) groups is 1. The molecule has 3 aromatic heterocycles. The number of nitrogens with zero attached hydrogens (tertiary/aromatic N) is 5. The molecule has 0 aliphatic heterocycles. The summed E-state index contributed by atoms with van der Waals surface area (Å²) < 4.78 is 1.62. The first-order valence-corrected chi connectivity index (χ1v) is 6.35. The summed E-state index contributed by atoms with van der Waals surface area (Å²) in [5.74, 6) is 0.249. The first-order valence-electron chi connectivity index (χ1n) is 5.97. The van der Waals surface area contributed by atoms with Gasteiger partial charge in [-0.05, 0) is 18.2 Å². The minimum Gasteiger partial charge on any atom is -0.319 e. The molecule has 0 atom stereocenters. The molecule has 1 amide bonds. The van der Waals surface area contributed by atoms with Crippen molar-refractivity contribution < 1.29 is 4.79 Å². The van der Waals surface area contributed by atoms with Crippen LogP contribution in [0.2, 0.25) is 5.15 Å². The number of halogens is 1. The Morgan fingerprint density at radius 3 is 2.81 bits per heavy atom. The maximum absolute atomic E-state index is 12.0. The van der Waals surface area contributed by atoms with Crippen molar-refractivity contribution in [3.05, 3.63) is 60.0 Å². The van der Waals surface area contributed by atoms with Crippen molar-refractivity contribution in [2.75, 3.05) is 5.32 Å². The predicted octanol–water partition coefficient (Wildman–Crippen LogP) is 1.96. The summed E-state index contributed by atoms with van der Waals surface area (Å²) in [6, 6.07) is 5.27. The topological polar surface area (TPSA) is 85.6 Å². The molecule has 3 aromatic rings. The molecule has 0 aromatic carbocycles. The lowest BCUT2D eigenvalue weighted by molar-refractivity contribution is 0.102. The number of nitrogens with one attached hydrogen (secondary N) is 1. The largest absolute Gasteiger partial charge is 0.319 e. The van der Waals surface area contributed by atoms with E-state index in [1.54, 1.807) is 35.3 Å². The average Bonchev–Trinajstić information content (AvgIpc) is 3.02. The highest BCUT2D eigenvalue weighted by molar-refractivity contribution is 6.29. The molecular formula is C13H9ClN6O. The fraction of sp³-hybridized carbons (Fsp3) is 0. The Hall–Kier alpha value is -2.80. The Morgan fingerprint density at radius 2 is 2.14 bits per heavy atom. The summed E-state index contributed by atoms with van der Waals surface area (Å²) in [6.45, 7) is 0. The highest BCUT2D eigenvalue weighted by Crippen LogP contribution is 2.11. The van der Waals surface area contributed by atoms with Crippen molar-refractivity contribution in [2.24, 2.45) is 0 Å². The summed E-state index contributed by atoms with van der Waals surface area (Å²) in [7, 11) is 0. The molecule has 3 rings (SSSR count). The standard InChI is InChI=1S/C13H9ClN6O/c14-11-8-15-7-10(19-11)13(21)18-9-2-3-12(16-6-9)20-5-1-4-17-20/h1-8H,(H,18,21). The van der Waals surface area contributed by atoms with Crippen molar-refractivity contribution in [1.82, 2.24) is 24.7 Å². The van der Waals surface area contributed by atoms with Crippen LogP contribution < -0.4 is 5.32 Å². The molecular weight excluding hydrogens is 292 g/mol. The number of carbonyl (C=O) groups excluding carboxylic acids is 1. The van der Waals surface area contributed by atoms with E-state index in [0.29, 0.717) is 11.5 Å². The lowest BCUT2D eigenvalue weighted by atomic mass is 10.3. The van der Waals surface area contributed by atoms with E-state index in [2.05, 4.69) is 25.4 Å². The van der Waals surface area contributed by atoms with Crippen LogP contribution in [0.15, 0.2) is 49.2 Å². The van der Waals surface area contributed by atoms with Crippen molar-refractivity contribution in [2.45, 2.75) is 0 Å². The number of rotatable bonds is 3. The molecule has 0 aliphatic carbocycles. The van der Waals surface area contributed by atoms with Gasteiger partial charge in [-0.1, -0.05) is 11.6 Å². The van der Waals surface area contributed by atoms with Gasteiger partial charge in [0.2, 0.25) is 0 Å². The predicted molar refractivity (Wildman–Crippen MR) is 76.4 cm³/mol. The third-order valence-electron chi connectivity index (χ3n) is 2.58. The van der Waals surface area contributed by atoms with Crippen LogP contribution in [0.25, 0.3) is 5.82 Å². The molecule has 1 N–H and O–H groups in total. The minimum atomic E-state index is -0.404. The third-order valence-corrected chi connectivity index (χ3v) is 2.76. The van der Waals surface area contributed by atoms with Crippen LogP contribution in [-0.4, -0.2) is 30.6 Å². The van der Waals surface area contributed by atoms with Crippen molar-refractivity contribution in [3.63, 3.8) is 0 Å². The fourth-order valence-corrected chi connectivity index (χ4v) is 1.79. The average molecular weight is 301 g/mol. The van der Waals surface area contributed by atoms with E-state index < -0.39 is 5.91 Å². The molecule has 0 saturated carbocycles. The van der Waals surface area contributed by atoms with E-state index in [9.17, 15) is 4.79 Å². The number of aromatic nitrogens is 5. The van der Waals surface area contributed by atoms with Crippen molar-refractivity contribution in [3.8, 4) is 5.82 Å². The zero-order valence-electron chi connectivity index (χ0n) is 10.6. The first kappa shape index (κ1) is 13.2. The zero-order chi connectivity index (χ0) is 14.7. The molecule has 0 fully saturated rings. The van der Waals surface area contributed by atoms with Gasteiger partial charge in [-0.3, -0.25) is 9.78 Å². The van der Waals surface area contributed by atoms with Crippen LogP contribution in [0.1, 0.15) is 10.5 Å². The normalized spacial score (nSPS) is 10.3. The van der Waals surface area contributed by atoms with Crippen LogP contribution in [0.4, 0.5) is 5.69 Å². The molecule has 7 nitrogen and oxygen atoms in total. The van der Waals surface area contributed by atoms with Crippen LogP contribution in [0, 0.1) is 0 Å². The van der Waals surface area contributed by atoms with Gasteiger partial charge in [-0.2, -0.15) is 5.10 Å². The van der Waals surface area contributed by atoms with Gasteiger partial charge in [0.05, 0.1) is 24.3 Å². The summed E-state index contributed by atoms with van der Waals surface area (Å²) in [6.07, 6.45) is 7.68.